The van der Waals surface area contributed by atoms with Gasteiger partial charge in [-0.25, -0.2) is 4.79 Å². The Hall–Kier alpha value is -2.37. The average Bonchev–Trinajstić information content (AvgIpc) is 2.91. The summed E-state index contributed by atoms with van der Waals surface area (Å²) in [6, 6.07) is 7.85. The van der Waals surface area contributed by atoms with Crippen LogP contribution in [0.4, 0.5) is 4.79 Å². The quantitative estimate of drug-likeness (QED) is 0.830. The fourth-order valence-electron chi connectivity index (χ4n) is 2.09. The summed E-state index contributed by atoms with van der Waals surface area (Å²) in [6.07, 6.45) is 3.77. The van der Waals surface area contributed by atoms with Gasteiger partial charge in [0.15, 0.2) is 0 Å². The van der Waals surface area contributed by atoms with Crippen LogP contribution in [0.3, 0.4) is 0 Å². The van der Waals surface area contributed by atoms with E-state index < -0.39 is 6.03 Å². The van der Waals surface area contributed by atoms with E-state index in [2.05, 4.69) is 46.8 Å². The SMILES string of the molecule is CCc1ccccc1CCn1cc(CNC(N)=O)nn1. The van der Waals surface area contributed by atoms with E-state index in [0.717, 1.165) is 19.4 Å². The molecule has 0 aliphatic heterocycles. The number of aromatic nitrogens is 3. The van der Waals surface area contributed by atoms with Crippen LogP contribution in [-0.4, -0.2) is 21.0 Å². The van der Waals surface area contributed by atoms with Gasteiger partial charge in [0.05, 0.1) is 12.7 Å². The van der Waals surface area contributed by atoms with Crippen molar-refractivity contribution >= 4 is 6.03 Å². The first-order valence-corrected chi connectivity index (χ1v) is 6.68. The number of nitrogens with one attached hydrogen (secondary N) is 1. The molecule has 0 fully saturated rings. The van der Waals surface area contributed by atoms with Crippen LogP contribution in [0.2, 0.25) is 0 Å². The lowest BCUT2D eigenvalue weighted by atomic mass is 10.0. The van der Waals surface area contributed by atoms with Gasteiger partial charge in [0.1, 0.15) is 5.69 Å². The first-order valence-electron chi connectivity index (χ1n) is 6.68. The van der Waals surface area contributed by atoms with Gasteiger partial charge in [-0.2, -0.15) is 0 Å². The van der Waals surface area contributed by atoms with Crippen molar-refractivity contribution in [1.82, 2.24) is 20.3 Å². The number of hydrogen-bond donors (Lipinski definition) is 2. The van der Waals surface area contributed by atoms with Crippen molar-refractivity contribution in [2.75, 3.05) is 0 Å². The Morgan fingerprint density at radius 3 is 2.80 bits per heavy atom. The van der Waals surface area contributed by atoms with Gasteiger partial charge in [-0.15, -0.1) is 5.10 Å². The van der Waals surface area contributed by atoms with E-state index in [1.165, 1.54) is 11.1 Å². The lowest BCUT2D eigenvalue weighted by Gasteiger charge is -2.07. The molecule has 2 amide bonds. The molecule has 0 unspecified atom stereocenters. The summed E-state index contributed by atoms with van der Waals surface area (Å²) < 4.78 is 1.78. The molecule has 106 valence electrons. The third kappa shape index (κ3) is 3.81. The number of nitrogens with zero attached hydrogens (tertiary/aromatic N) is 3. The van der Waals surface area contributed by atoms with Gasteiger partial charge < -0.3 is 11.1 Å². The molecule has 0 spiro atoms. The largest absolute Gasteiger partial charge is 0.352 e. The lowest BCUT2D eigenvalue weighted by Crippen LogP contribution is -2.28. The Kier molecular flexibility index (Phi) is 4.70. The maximum absolute atomic E-state index is 10.6. The molecule has 0 bridgehead atoms. The molecule has 6 nitrogen and oxygen atoms in total. The number of carbonyl (C=O) groups excluding carboxylic acids is 1. The zero-order valence-electron chi connectivity index (χ0n) is 11.5. The fraction of sp³-hybridized carbons (Fsp3) is 0.357. The van der Waals surface area contributed by atoms with Crippen LogP contribution in [0, 0.1) is 0 Å². The molecular formula is C14H19N5O. The summed E-state index contributed by atoms with van der Waals surface area (Å²) in [5, 5.41) is 10.5. The maximum atomic E-state index is 10.6. The molecular weight excluding hydrogens is 254 g/mol. The number of benzene rings is 1. The summed E-state index contributed by atoms with van der Waals surface area (Å²) >= 11 is 0. The Labute approximate surface area is 118 Å². The molecule has 2 rings (SSSR count). The van der Waals surface area contributed by atoms with Crippen LogP contribution >= 0.6 is 0 Å². The molecule has 0 radical (unpaired) electrons. The van der Waals surface area contributed by atoms with Gasteiger partial charge >= 0.3 is 6.03 Å². The second kappa shape index (κ2) is 6.70. The summed E-state index contributed by atoms with van der Waals surface area (Å²) in [5.74, 6) is 0. The number of nitrogens with two attached hydrogens (primary N) is 1. The second-order valence-corrected chi connectivity index (χ2v) is 4.56. The van der Waals surface area contributed by atoms with Crippen LogP contribution in [0.1, 0.15) is 23.7 Å². The standard InChI is InChI=1S/C14H19N5O/c1-2-11-5-3-4-6-12(11)7-8-19-10-13(17-18-19)9-16-14(15)20/h3-6,10H,2,7-9H2,1H3,(H3,15,16,20). The predicted octanol–water partition coefficient (Wildman–Crippen LogP) is 1.25. The van der Waals surface area contributed by atoms with Gasteiger partial charge in [0, 0.05) is 6.54 Å². The molecule has 0 saturated carbocycles. The highest BCUT2D eigenvalue weighted by atomic mass is 16.2. The highest BCUT2D eigenvalue weighted by Gasteiger charge is 2.04. The molecule has 2 aromatic rings. The molecule has 1 aromatic carbocycles. The zero-order chi connectivity index (χ0) is 14.4. The molecule has 1 heterocycles. The molecule has 3 N–H and O–H groups in total. The number of amides is 2. The van der Waals surface area contributed by atoms with Crippen molar-refractivity contribution in [3.05, 3.63) is 47.3 Å². The number of rotatable bonds is 6. The van der Waals surface area contributed by atoms with Gasteiger partial charge in [-0.3, -0.25) is 4.68 Å². The van der Waals surface area contributed by atoms with Crippen molar-refractivity contribution < 1.29 is 4.79 Å². The summed E-state index contributed by atoms with van der Waals surface area (Å²) in [5.41, 5.74) is 8.41. The third-order valence-electron chi connectivity index (χ3n) is 3.14. The van der Waals surface area contributed by atoms with E-state index in [-0.39, 0.29) is 0 Å². The summed E-state index contributed by atoms with van der Waals surface area (Å²) in [7, 11) is 0. The maximum Gasteiger partial charge on any atom is 0.312 e. The first kappa shape index (κ1) is 14.0. The highest BCUT2D eigenvalue weighted by Crippen LogP contribution is 2.10. The minimum absolute atomic E-state index is 0.306. The molecule has 0 aliphatic carbocycles. The van der Waals surface area contributed by atoms with Crippen molar-refractivity contribution in [2.24, 2.45) is 5.73 Å². The van der Waals surface area contributed by atoms with Crippen LogP contribution in [0.25, 0.3) is 0 Å². The van der Waals surface area contributed by atoms with Crippen molar-refractivity contribution in [3.8, 4) is 0 Å². The number of carbonyl (C=O) groups is 1. The smallest absolute Gasteiger partial charge is 0.312 e. The monoisotopic (exact) mass is 273 g/mol. The molecule has 0 aliphatic rings. The van der Waals surface area contributed by atoms with E-state index in [1.807, 2.05) is 6.20 Å². The zero-order valence-corrected chi connectivity index (χ0v) is 11.5. The van der Waals surface area contributed by atoms with Crippen LogP contribution < -0.4 is 11.1 Å². The Balaban J connectivity index is 1.92. The van der Waals surface area contributed by atoms with Gasteiger partial charge in [0.25, 0.3) is 0 Å². The first-order chi connectivity index (χ1) is 9.69. The molecule has 0 saturated heterocycles. The summed E-state index contributed by atoms with van der Waals surface area (Å²) in [6.45, 7) is 3.23. The van der Waals surface area contributed by atoms with Gasteiger partial charge in [0.2, 0.25) is 0 Å². The number of primary amides is 1. The van der Waals surface area contributed by atoms with E-state index >= 15 is 0 Å². The summed E-state index contributed by atoms with van der Waals surface area (Å²) in [4.78, 5) is 10.6. The normalized spacial score (nSPS) is 10.4. The van der Waals surface area contributed by atoms with E-state index in [1.54, 1.807) is 4.68 Å². The van der Waals surface area contributed by atoms with Gasteiger partial charge in [-0.05, 0) is 24.0 Å². The van der Waals surface area contributed by atoms with Crippen molar-refractivity contribution in [1.29, 1.82) is 0 Å². The minimum atomic E-state index is -0.559. The molecule has 20 heavy (non-hydrogen) atoms. The van der Waals surface area contributed by atoms with Gasteiger partial charge in [-0.1, -0.05) is 36.4 Å². The number of urea groups is 1. The topological polar surface area (TPSA) is 85.8 Å². The Morgan fingerprint density at radius 2 is 2.10 bits per heavy atom. The highest BCUT2D eigenvalue weighted by molar-refractivity contribution is 5.71. The van der Waals surface area contributed by atoms with E-state index in [9.17, 15) is 4.79 Å². The van der Waals surface area contributed by atoms with Crippen LogP contribution in [-0.2, 0) is 25.9 Å². The Bertz CT molecular complexity index is 578. The van der Waals surface area contributed by atoms with Crippen LogP contribution in [0.5, 0.6) is 0 Å². The average molecular weight is 273 g/mol. The van der Waals surface area contributed by atoms with Crippen LogP contribution in [0.15, 0.2) is 30.5 Å². The Morgan fingerprint density at radius 1 is 1.35 bits per heavy atom. The molecule has 0 atom stereocenters. The predicted molar refractivity (Wildman–Crippen MR) is 76.0 cm³/mol. The van der Waals surface area contributed by atoms with Crippen molar-refractivity contribution in [3.63, 3.8) is 0 Å². The van der Waals surface area contributed by atoms with E-state index in [0.29, 0.717) is 12.2 Å². The molecule has 1 aromatic heterocycles. The second-order valence-electron chi connectivity index (χ2n) is 4.56. The number of aryl methyl sites for hydroxylation is 3. The third-order valence-corrected chi connectivity index (χ3v) is 3.14. The van der Waals surface area contributed by atoms with Crippen molar-refractivity contribution in [2.45, 2.75) is 32.9 Å². The number of hydrogen-bond acceptors (Lipinski definition) is 3. The van der Waals surface area contributed by atoms with E-state index in [4.69, 9.17) is 5.73 Å². The minimum Gasteiger partial charge on any atom is -0.352 e. The molecule has 6 heteroatoms. The lowest BCUT2D eigenvalue weighted by molar-refractivity contribution is 0.248. The fourth-order valence-corrected chi connectivity index (χ4v) is 2.09.